The highest BCUT2D eigenvalue weighted by Crippen LogP contribution is 2.34. The highest BCUT2D eigenvalue weighted by Gasteiger charge is 2.31. The van der Waals surface area contributed by atoms with Gasteiger partial charge in [0.2, 0.25) is 0 Å². The molecule has 0 saturated heterocycles. The summed E-state index contributed by atoms with van der Waals surface area (Å²) in [5.74, 6) is 1.91. The van der Waals surface area contributed by atoms with Gasteiger partial charge < -0.3 is 10.6 Å². The Balaban J connectivity index is 2.28. The monoisotopic (exact) mass is 367 g/mol. The van der Waals surface area contributed by atoms with E-state index in [1.54, 1.807) is 35.6 Å². The third-order valence-corrected chi connectivity index (χ3v) is 3.79. The Morgan fingerprint density at radius 1 is 1.24 bits per heavy atom. The van der Waals surface area contributed by atoms with E-state index in [9.17, 15) is 18.0 Å². The van der Waals surface area contributed by atoms with Crippen LogP contribution in [0.2, 0.25) is 5.02 Å². The summed E-state index contributed by atoms with van der Waals surface area (Å²) < 4.78 is 38.5. The first-order valence-electron chi connectivity index (χ1n) is 7.32. The number of carbonyl (C=O) groups is 1. The van der Waals surface area contributed by atoms with Gasteiger partial charge in [-0.25, -0.2) is 0 Å². The van der Waals surface area contributed by atoms with Crippen LogP contribution in [-0.2, 0) is 11.0 Å². The van der Waals surface area contributed by atoms with Crippen LogP contribution >= 0.6 is 11.6 Å². The Morgan fingerprint density at radius 2 is 1.92 bits per heavy atom. The van der Waals surface area contributed by atoms with Crippen LogP contribution < -0.4 is 10.6 Å². The number of halogens is 4. The minimum atomic E-state index is -4.53. The number of nitrogens with one attached hydrogen (secondary N) is 1. The van der Waals surface area contributed by atoms with Crippen molar-refractivity contribution >= 4 is 23.2 Å². The first-order valence-corrected chi connectivity index (χ1v) is 7.70. The van der Waals surface area contributed by atoms with Crippen molar-refractivity contribution in [3.05, 3.63) is 64.7 Å². The molecule has 0 aliphatic carbocycles. The summed E-state index contributed by atoms with van der Waals surface area (Å²) in [7, 11) is 0. The summed E-state index contributed by atoms with van der Waals surface area (Å²) in [4.78, 5) is 12.6. The first-order chi connectivity index (χ1) is 11.8. The van der Waals surface area contributed by atoms with Crippen molar-refractivity contribution in [3.63, 3.8) is 0 Å². The molecule has 0 saturated carbocycles. The number of alkyl halides is 3. The molecule has 0 aliphatic heterocycles. The lowest BCUT2D eigenvalue weighted by Crippen LogP contribution is -2.87. The standard InChI is InChI=1S/C18H14ClF3N2O/c1-2-10-23-16(12-6-4-3-5-7-12)17(25)24-15-11-13(18(20,21)22)8-9-14(15)19/h1,3-9,11,16,23H,10H2,(H,24,25)/p+1/t16-/m1/s1. The number of hydrogen-bond acceptors (Lipinski definition) is 1. The van der Waals surface area contributed by atoms with Gasteiger partial charge in [0, 0.05) is 5.56 Å². The summed E-state index contributed by atoms with van der Waals surface area (Å²) >= 11 is 5.92. The molecule has 2 aromatic rings. The third kappa shape index (κ3) is 4.99. The summed E-state index contributed by atoms with van der Waals surface area (Å²) in [5.41, 5.74) is -0.314. The van der Waals surface area contributed by atoms with Crippen LogP contribution in [0.4, 0.5) is 18.9 Å². The van der Waals surface area contributed by atoms with E-state index in [1.807, 2.05) is 0 Å². The molecule has 3 N–H and O–H groups in total. The Labute approximate surface area is 148 Å². The molecule has 1 atom stereocenters. The smallest absolute Gasteiger partial charge is 0.322 e. The van der Waals surface area contributed by atoms with Crippen molar-refractivity contribution in [2.75, 3.05) is 11.9 Å². The number of hydrogen-bond donors (Lipinski definition) is 2. The number of quaternary nitrogens is 1. The minimum Gasteiger partial charge on any atom is -0.322 e. The molecular formula is C18H15ClF3N2O+. The summed E-state index contributed by atoms with van der Waals surface area (Å²) in [6.45, 7) is 0.239. The molecule has 0 bridgehead atoms. The van der Waals surface area contributed by atoms with Gasteiger partial charge in [-0.3, -0.25) is 4.79 Å². The van der Waals surface area contributed by atoms with E-state index in [0.717, 1.165) is 18.2 Å². The van der Waals surface area contributed by atoms with Gasteiger partial charge >= 0.3 is 6.18 Å². The zero-order valence-corrected chi connectivity index (χ0v) is 13.7. The average Bonchev–Trinajstić information content (AvgIpc) is 2.57. The number of terminal acetylenes is 1. The molecule has 0 aromatic heterocycles. The molecule has 2 aromatic carbocycles. The van der Waals surface area contributed by atoms with Gasteiger partial charge in [-0.2, -0.15) is 13.2 Å². The molecule has 1 amide bonds. The number of amides is 1. The molecule has 0 heterocycles. The van der Waals surface area contributed by atoms with Gasteiger partial charge in [0.1, 0.15) is 6.54 Å². The van der Waals surface area contributed by atoms with E-state index < -0.39 is 23.7 Å². The molecule has 0 spiro atoms. The highest BCUT2D eigenvalue weighted by atomic mass is 35.5. The lowest BCUT2D eigenvalue weighted by Gasteiger charge is -2.16. The van der Waals surface area contributed by atoms with E-state index >= 15 is 0 Å². The molecular weight excluding hydrogens is 353 g/mol. The molecule has 7 heteroatoms. The fourth-order valence-corrected chi connectivity index (χ4v) is 2.41. The van der Waals surface area contributed by atoms with E-state index in [0.29, 0.717) is 5.56 Å². The Bertz CT molecular complexity index is 785. The highest BCUT2D eigenvalue weighted by molar-refractivity contribution is 6.33. The second kappa shape index (κ2) is 8.06. The van der Waals surface area contributed by atoms with E-state index in [1.165, 1.54) is 0 Å². The van der Waals surface area contributed by atoms with Crippen LogP contribution in [0.15, 0.2) is 48.5 Å². The topological polar surface area (TPSA) is 45.7 Å². The van der Waals surface area contributed by atoms with Crippen LogP contribution in [0.1, 0.15) is 17.2 Å². The van der Waals surface area contributed by atoms with Crippen LogP contribution in [0.25, 0.3) is 0 Å². The van der Waals surface area contributed by atoms with Crippen molar-refractivity contribution < 1.29 is 23.3 Å². The molecule has 0 unspecified atom stereocenters. The summed E-state index contributed by atoms with van der Waals surface area (Å²) in [6, 6.07) is 10.9. The number of carbonyl (C=O) groups excluding carboxylic acids is 1. The second-order valence-corrected chi connectivity index (χ2v) is 5.62. The minimum absolute atomic E-state index is 0.0186. The zero-order chi connectivity index (χ0) is 18.4. The number of benzene rings is 2. The fraction of sp³-hybridized carbons (Fsp3) is 0.167. The van der Waals surface area contributed by atoms with Crippen LogP contribution in [0.3, 0.4) is 0 Å². The Kier molecular flexibility index (Phi) is 6.07. The first kappa shape index (κ1) is 18.8. The van der Waals surface area contributed by atoms with Crippen LogP contribution in [0, 0.1) is 12.3 Å². The predicted molar refractivity (Wildman–Crippen MR) is 89.9 cm³/mol. The normalized spacial score (nSPS) is 12.3. The SMILES string of the molecule is C#CC[NH2+][C@@H](C(=O)Nc1cc(C(F)(F)F)ccc1Cl)c1ccccc1. The number of anilines is 1. The zero-order valence-electron chi connectivity index (χ0n) is 13.0. The van der Waals surface area contributed by atoms with Gasteiger partial charge in [-0.1, -0.05) is 41.9 Å². The molecule has 0 fully saturated rings. The van der Waals surface area contributed by atoms with Gasteiger partial charge in [0.25, 0.3) is 5.91 Å². The molecule has 130 valence electrons. The Morgan fingerprint density at radius 3 is 2.52 bits per heavy atom. The van der Waals surface area contributed by atoms with Crippen molar-refractivity contribution in [2.24, 2.45) is 0 Å². The van der Waals surface area contributed by atoms with Crippen LogP contribution in [-0.4, -0.2) is 12.5 Å². The molecule has 3 nitrogen and oxygen atoms in total. The summed E-state index contributed by atoms with van der Waals surface area (Å²) in [5, 5.41) is 4.10. The maximum atomic E-state index is 12.8. The van der Waals surface area contributed by atoms with E-state index in [-0.39, 0.29) is 17.3 Å². The largest absolute Gasteiger partial charge is 0.416 e. The third-order valence-electron chi connectivity index (χ3n) is 3.46. The lowest BCUT2D eigenvalue weighted by atomic mass is 10.1. The van der Waals surface area contributed by atoms with Crippen molar-refractivity contribution in [2.45, 2.75) is 12.2 Å². The summed E-state index contributed by atoms with van der Waals surface area (Å²) in [6.07, 6.45) is 0.711. The van der Waals surface area contributed by atoms with Crippen LogP contribution in [0.5, 0.6) is 0 Å². The maximum Gasteiger partial charge on any atom is 0.416 e. The van der Waals surface area contributed by atoms with E-state index in [2.05, 4.69) is 11.2 Å². The maximum absolute atomic E-state index is 12.8. The molecule has 25 heavy (non-hydrogen) atoms. The average molecular weight is 368 g/mol. The van der Waals surface area contributed by atoms with Gasteiger partial charge in [-0.15, -0.1) is 6.42 Å². The fourth-order valence-electron chi connectivity index (χ4n) is 2.25. The van der Waals surface area contributed by atoms with Crippen molar-refractivity contribution in [1.29, 1.82) is 0 Å². The quantitative estimate of drug-likeness (QED) is 0.783. The second-order valence-electron chi connectivity index (χ2n) is 5.21. The number of rotatable bonds is 5. The molecule has 2 rings (SSSR count). The lowest BCUT2D eigenvalue weighted by molar-refractivity contribution is -0.672. The molecule has 0 radical (unpaired) electrons. The van der Waals surface area contributed by atoms with Crippen molar-refractivity contribution in [3.8, 4) is 12.3 Å². The Hall–Kier alpha value is -2.49. The van der Waals surface area contributed by atoms with E-state index in [4.69, 9.17) is 18.0 Å². The number of nitrogens with two attached hydrogens (primary N) is 1. The van der Waals surface area contributed by atoms with Crippen molar-refractivity contribution in [1.82, 2.24) is 0 Å². The van der Waals surface area contributed by atoms with Gasteiger partial charge in [-0.05, 0) is 24.1 Å². The molecule has 0 aliphatic rings. The predicted octanol–water partition coefficient (Wildman–Crippen LogP) is 3.24. The van der Waals surface area contributed by atoms with Gasteiger partial charge in [0.05, 0.1) is 16.3 Å². The van der Waals surface area contributed by atoms with Gasteiger partial charge in [0.15, 0.2) is 6.04 Å².